The minimum Gasteiger partial charge on any atom is -0.480 e. The summed E-state index contributed by atoms with van der Waals surface area (Å²) in [5.41, 5.74) is 8.62. The van der Waals surface area contributed by atoms with Crippen LogP contribution >= 0.6 is 0 Å². The molecule has 0 fully saturated rings. The van der Waals surface area contributed by atoms with Crippen LogP contribution in [-0.2, 0) is 38.4 Å². The van der Waals surface area contributed by atoms with E-state index in [9.17, 15) is 24.3 Å². The summed E-state index contributed by atoms with van der Waals surface area (Å²) in [6.45, 7) is 1.34. The van der Waals surface area contributed by atoms with E-state index in [0.717, 1.165) is 16.7 Å². The SMILES string of the molecule is CC(NC(=O)C(Cc1ccccc1)NC(=O)C(Cc1ccccc1)NC(=O)C(N)Cc1ccccc1)C(=O)O. The fourth-order valence-corrected chi connectivity index (χ4v) is 4.01. The number of aliphatic carboxylic acids is 1. The standard InChI is InChI=1S/C30H34N4O5/c1-20(30(38)39)32-28(36)25(18-22-13-7-3-8-14-22)34-29(37)26(19-23-15-9-4-10-16-23)33-27(35)24(31)17-21-11-5-2-6-12-21/h2-16,20,24-26H,17-19,31H2,1H3,(H,32,36)(H,33,35)(H,34,37)(H,38,39). The molecule has 0 aromatic heterocycles. The van der Waals surface area contributed by atoms with Crippen LogP contribution in [0, 0.1) is 0 Å². The number of carboxylic acids is 1. The molecule has 3 aromatic rings. The summed E-state index contributed by atoms with van der Waals surface area (Å²) in [5.74, 6) is -2.93. The van der Waals surface area contributed by atoms with Crippen molar-refractivity contribution in [2.75, 3.05) is 0 Å². The summed E-state index contributed by atoms with van der Waals surface area (Å²) in [5, 5.41) is 17.1. The summed E-state index contributed by atoms with van der Waals surface area (Å²) in [4.78, 5) is 50.9. The Balaban J connectivity index is 1.79. The largest absolute Gasteiger partial charge is 0.480 e. The van der Waals surface area contributed by atoms with E-state index in [0.29, 0.717) is 6.42 Å². The van der Waals surface area contributed by atoms with Gasteiger partial charge in [0.25, 0.3) is 0 Å². The van der Waals surface area contributed by atoms with Crippen LogP contribution in [-0.4, -0.2) is 53.0 Å². The van der Waals surface area contributed by atoms with Crippen molar-refractivity contribution in [3.05, 3.63) is 108 Å². The van der Waals surface area contributed by atoms with Crippen molar-refractivity contribution in [1.82, 2.24) is 16.0 Å². The van der Waals surface area contributed by atoms with Crippen LogP contribution in [0.4, 0.5) is 0 Å². The Morgan fingerprint density at radius 2 is 0.974 bits per heavy atom. The Morgan fingerprint density at radius 1 is 0.615 bits per heavy atom. The fourth-order valence-electron chi connectivity index (χ4n) is 4.01. The van der Waals surface area contributed by atoms with E-state index in [1.807, 2.05) is 66.7 Å². The quantitative estimate of drug-likeness (QED) is 0.227. The molecule has 3 amide bonds. The maximum Gasteiger partial charge on any atom is 0.325 e. The Hall–Kier alpha value is -4.50. The summed E-state index contributed by atoms with van der Waals surface area (Å²) < 4.78 is 0. The normalized spacial score (nSPS) is 13.8. The topological polar surface area (TPSA) is 151 Å². The van der Waals surface area contributed by atoms with E-state index in [1.54, 1.807) is 24.3 Å². The van der Waals surface area contributed by atoms with Gasteiger partial charge in [0.2, 0.25) is 17.7 Å². The first-order valence-electron chi connectivity index (χ1n) is 12.7. The molecule has 204 valence electrons. The van der Waals surface area contributed by atoms with Gasteiger partial charge in [-0.1, -0.05) is 91.0 Å². The fraction of sp³-hybridized carbons (Fsp3) is 0.267. The van der Waals surface area contributed by atoms with Gasteiger partial charge in [0.05, 0.1) is 6.04 Å². The van der Waals surface area contributed by atoms with Crippen molar-refractivity contribution in [1.29, 1.82) is 0 Å². The summed E-state index contributed by atoms with van der Waals surface area (Å²) in [6, 6.07) is 23.4. The molecule has 0 aliphatic carbocycles. The molecule has 0 heterocycles. The first-order valence-corrected chi connectivity index (χ1v) is 12.7. The minimum absolute atomic E-state index is 0.129. The molecule has 3 aromatic carbocycles. The van der Waals surface area contributed by atoms with Crippen LogP contribution in [0.2, 0.25) is 0 Å². The van der Waals surface area contributed by atoms with Crippen molar-refractivity contribution in [2.24, 2.45) is 5.73 Å². The van der Waals surface area contributed by atoms with Crippen molar-refractivity contribution >= 4 is 23.7 Å². The Kier molecular flexibility index (Phi) is 10.8. The number of rotatable bonds is 13. The zero-order valence-corrected chi connectivity index (χ0v) is 21.7. The Labute approximate surface area is 227 Å². The van der Waals surface area contributed by atoms with Gasteiger partial charge in [-0.2, -0.15) is 0 Å². The van der Waals surface area contributed by atoms with E-state index < -0.39 is 47.9 Å². The van der Waals surface area contributed by atoms with Crippen LogP contribution in [0.25, 0.3) is 0 Å². The minimum atomic E-state index is -1.20. The van der Waals surface area contributed by atoms with Gasteiger partial charge < -0.3 is 26.8 Å². The number of hydrogen-bond donors (Lipinski definition) is 5. The lowest BCUT2D eigenvalue weighted by atomic mass is 10.0. The molecular weight excluding hydrogens is 496 g/mol. The second-order valence-electron chi connectivity index (χ2n) is 9.37. The van der Waals surface area contributed by atoms with Gasteiger partial charge in [0.1, 0.15) is 18.1 Å². The second-order valence-corrected chi connectivity index (χ2v) is 9.37. The number of hydrogen-bond acceptors (Lipinski definition) is 5. The van der Waals surface area contributed by atoms with Crippen LogP contribution < -0.4 is 21.7 Å². The van der Waals surface area contributed by atoms with Crippen molar-refractivity contribution in [3.63, 3.8) is 0 Å². The molecule has 0 aliphatic heterocycles. The molecule has 6 N–H and O–H groups in total. The third kappa shape index (κ3) is 9.39. The molecule has 4 atom stereocenters. The number of carboxylic acid groups (broad SMARTS) is 1. The van der Waals surface area contributed by atoms with Crippen LogP contribution in [0.5, 0.6) is 0 Å². The van der Waals surface area contributed by atoms with Gasteiger partial charge in [0, 0.05) is 12.8 Å². The first kappa shape index (κ1) is 29.1. The van der Waals surface area contributed by atoms with Crippen molar-refractivity contribution < 1.29 is 24.3 Å². The molecule has 4 unspecified atom stereocenters. The van der Waals surface area contributed by atoms with Gasteiger partial charge in [-0.15, -0.1) is 0 Å². The molecule has 9 nitrogen and oxygen atoms in total. The monoisotopic (exact) mass is 530 g/mol. The molecule has 0 spiro atoms. The first-order chi connectivity index (χ1) is 18.7. The number of carbonyl (C=O) groups is 4. The number of amides is 3. The van der Waals surface area contributed by atoms with Crippen molar-refractivity contribution in [3.8, 4) is 0 Å². The molecule has 39 heavy (non-hydrogen) atoms. The lowest BCUT2D eigenvalue weighted by Gasteiger charge is -2.25. The van der Waals surface area contributed by atoms with Gasteiger partial charge in [-0.3, -0.25) is 19.2 Å². The highest BCUT2D eigenvalue weighted by molar-refractivity contribution is 5.94. The van der Waals surface area contributed by atoms with Gasteiger partial charge in [0.15, 0.2) is 0 Å². The molecular formula is C30H34N4O5. The lowest BCUT2D eigenvalue weighted by molar-refractivity contribution is -0.141. The average molecular weight is 531 g/mol. The molecule has 3 rings (SSSR count). The van der Waals surface area contributed by atoms with Crippen molar-refractivity contribution in [2.45, 2.75) is 50.4 Å². The summed E-state index contributed by atoms with van der Waals surface area (Å²) >= 11 is 0. The maximum absolute atomic E-state index is 13.5. The van der Waals surface area contributed by atoms with E-state index >= 15 is 0 Å². The zero-order chi connectivity index (χ0) is 28.2. The predicted octanol–water partition coefficient (Wildman–Crippen LogP) is 1.60. The summed E-state index contributed by atoms with van der Waals surface area (Å²) in [6.07, 6.45) is 0.588. The van der Waals surface area contributed by atoms with E-state index in [1.165, 1.54) is 6.92 Å². The predicted molar refractivity (Wildman–Crippen MR) is 148 cm³/mol. The molecule has 0 radical (unpaired) electrons. The number of carbonyl (C=O) groups excluding carboxylic acids is 3. The van der Waals surface area contributed by atoms with Gasteiger partial charge in [-0.25, -0.2) is 0 Å². The smallest absolute Gasteiger partial charge is 0.325 e. The highest BCUT2D eigenvalue weighted by Gasteiger charge is 2.30. The molecule has 0 aliphatic rings. The lowest BCUT2D eigenvalue weighted by Crippen LogP contribution is -2.58. The summed E-state index contributed by atoms with van der Waals surface area (Å²) in [7, 11) is 0. The van der Waals surface area contributed by atoms with E-state index in [2.05, 4.69) is 16.0 Å². The molecule has 9 heteroatoms. The zero-order valence-electron chi connectivity index (χ0n) is 21.7. The van der Waals surface area contributed by atoms with E-state index in [-0.39, 0.29) is 12.8 Å². The van der Waals surface area contributed by atoms with Gasteiger partial charge >= 0.3 is 5.97 Å². The number of nitrogens with two attached hydrogens (primary N) is 1. The average Bonchev–Trinajstić information content (AvgIpc) is 2.93. The second kappa shape index (κ2) is 14.4. The Bertz CT molecular complexity index is 1240. The van der Waals surface area contributed by atoms with Crippen LogP contribution in [0.3, 0.4) is 0 Å². The highest BCUT2D eigenvalue weighted by Crippen LogP contribution is 2.09. The van der Waals surface area contributed by atoms with E-state index in [4.69, 9.17) is 5.73 Å². The molecule has 0 saturated carbocycles. The van der Waals surface area contributed by atoms with Crippen LogP contribution in [0.1, 0.15) is 23.6 Å². The third-order valence-corrected chi connectivity index (χ3v) is 6.20. The van der Waals surface area contributed by atoms with Gasteiger partial charge in [-0.05, 0) is 30.0 Å². The number of benzene rings is 3. The highest BCUT2D eigenvalue weighted by atomic mass is 16.4. The molecule has 0 saturated heterocycles. The number of nitrogens with one attached hydrogen (secondary N) is 3. The molecule has 0 bridgehead atoms. The Morgan fingerprint density at radius 3 is 1.38 bits per heavy atom. The third-order valence-electron chi connectivity index (χ3n) is 6.20. The van der Waals surface area contributed by atoms with Crippen LogP contribution in [0.15, 0.2) is 91.0 Å². The maximum atomic E-state index is 13.5.